The lowest BCUT2D eigenvalue weighted by molar-refractivity contribution is -0.0441. The summed E-state index contributed by atoms with van der Waals surface area (Å²) < 4.78 is 19.1. The first-order chi connectivity index (χ1) is 23.5. The second-order valence-corrected chi connectivity index (χ2v) is 13.5. The molecular weight excluding hydrogens is 628 g/mol. The molecule has 11 heteroatoms. The normalized spacial score (nSPS) is 19.7. The first-order valence-electron chi connectivity index (χ1n) is 17.1. The van der Waals surface area contributed by atoms with Crippen LogP contribution in [0.2, 0.25) is 5.02 Å². The van der Waals surface area contributed by atoms with E-state index in [1.165, 1.54) is 12.8 Å². The van der Waals surface area contributed by atoms with Gasteiger partial charge in [-0.2, -0.15) is 5.10 Å². The summed E-state index contributed by atoms with van der Waals surface area (Å²) >= 11 is 6.62. The molecule has 1 aliphatic heterocycles. The Bertz CT molecular complexity index is 1670. The Balaban J connectivity index is 0.990. The van der Waals surface area contributed by atoms with Gasteiger partial charge in [0.2, 0.25) is 5.95 Å². The van der Waals surface area contributed by atoms with Crippen LogP contribution in [0.3, 0.4) is 0 Å². The van der Waals surface area contributed by atoms with Gasteiger partial charge in [0.25, 0.3) is 0 Å². The van der Waals surface area contributed by atoms with Gasteiger partial charge in [-0.15, -0.1) is 0 Å². The third-order valence-electron chi connectivity index (χ3n) is 9.67. The van der Waals surface area contributed by atoms with Crippen molar-refractivity contribution in [3.8, 4) is 11.3 Å². The van der Waals surface area contributed by atoms with E-state index >= 15 is 0 Å². The molecule has 2 aromatic carbocycles. The van der Waals surface area contributed by atoms with Crippen molar-refractivity contribution in [2.75, 3.05) is 25.1 Å². The predicted octanol–water partition coefficient (Wildman–Crippen LogP) is 7.13. The number of aryl methyl sites for hydroxylation is 1. The van der Waals surface area contributed by atoms with Gasteiger partial charge in [-0.25, -0.2) is 14.8 Å². The SMILES string of the molecule is Cn1ncc(-c2nc(NC3CCC(N(CCc4ccc(C5OCCO5)cc4)C(=O)OCc4ccccc4)CC3)ncc2Cl)c1CC1CC1. The number of halogens is 1. The van der Waals surface area contributed by atoms with Crippen molar-refractivity contribution in [1.29, 1.82) is 0 Å². The first kappa shape index (κ1) is 32.6. The molecular formula is C37H43ClN6O4. The summed E-state index contributed by atoms with van der Waals surface area (Å²) in [6.45, 7) is 2.05. The quantitative estimate of drug-likeness (QED) is 0.170. The molecule has 1 N–H and O–H groups in total. The lowest BCUT2D eigenvalue weighted by Gasteiger charge is -2.36. The lowest BCUT2D eigenvalue weighted by atomic mass is 9.90. The summed E-state index contributed by atoms with van der Waals surface area (Å²) in [4.78, 5) is 24.9. The zero-order valence-corrected chi connectivity index (χ0v) is 28.1. The van der Waals surface area contributed by atoms with Crippen molar-refractivity contribution in [2.24, 2.45) is 13.0 Å². The number of hydrogen-bond acceptors (Lipinski definition) is 8. The topological polar surface area (TPSA) is 104 Å². The van der Waals surface area contributed by atoms with Gasteiger partial charge >= 0.3 is 6.09 Å². The number of anilines is 1. The molecule has 10 nitrogen and oxygen atoms in total. The van der Waals surface area contributed by atoms with E-state index in [4.69, 9.17) is 30.8 Å². The fraction of sp³-hybridized carbons (Fsp3) is 0.459. The molecule has 3 fully saturated rings. The highest BCUT2D eigenvalue weighted by molar-refractivity contribution is 6.33. The number of nitrogens with zero attached hydrogens (tertiary/aromatic N) is 5. The summed E-state index contributed by atoms with van der Waals surface area (Å²) in [6.07, 6.45) is 10.7. The van der Waals surface area contributed by atoms with Gasteiger partial charge in [-0.3, -0.25) is 4.68 Å². The maximum Gasteiger partial charge on any atom is 0.410 e. The van der Waals surface area contributed by atoms with Crippen molar-refractivity contribution in [3.05, 3.63) is 94.4 Å². The number of amides is 1. The van der Waals surface area contributed by atoms with Crippen LogP contribution in [0.5, 0.6) is 0 Å². The van der Waals surface area contributed by atoms with Gasteiger partial charge in [-0.1, -0.05) is 66.2 Å². The number of rotatable bonds is 12. The van der Waals surface area contributed by atoms with Gasteiger partial charge in [0, 0.05) is 42.5 Å². The van der Waals surface area contributed by atoms with Gasteiger partial charge in [0.1, 0.15) is 6.61 Å². The summed E-state index contributed by atoms with van der Waals surface area (Å²) in [7, 11) is 1.98. The second kappa shape index (κ2) is 15.1. The summed E-state index contributed by atoms with van der Waals surface area (Å²) in [6, 6.07) is 18.4. The number of benzene rings is 2. The molecule has 0 radical (unpaired) electrons. The average molecular weight is 671 g/mol. The standard InChI is InChI=1S/C37H43ClN6O4/c1-43-33(21-26-7-8-26)31(22-40-43)34-32(38)23-39-36(42-34)41-29-13-15-30(16-14-29)44(37(45)48-24-27-5-3-2-4-6-27)18-17-25-9-11-28(12-10-25)35-46-19-20-47-35/h2-6,9-12,22-23,26,29-30,35H,7-8,13-21,24H2,1H3,(H,39,41,42). The first-order valence-corrected chi connectivity index (χ1v) is 17.5. The number of carbonyl (C=O) groups excluding carboxylic acids is 1. The van der Waals surface area contributed by atoms with Crippen LogP contribution in [-0.2, 0) is 40.7 Å². The molecule has 2 aromatic heterocycles. The maximum absolute atomic E-state index is 13.6. The van der Waals surface area contributed by atoms with Crippen LogP contribution in [0.25, 0.3) is 11.3 Å². The molecule has 252 valence electrons. The minimum absolute atomic E-state index is 0.0768. The van der Waals surface area contributed by atoms with E-state index in [2.05, 4.69) is 27.5 Å². The molecule has 4 aromatic rings. The van der Waals surface area contributed by atoms with Crippen LogP contribution in [0.1, 0.15) is 67.2 Å². The van der Waals surface area contributed by atoms with E-state index in [0.717, 1.165) is 78.1 Å². The van der Waals surface area contributed by atoms with Crippen LogP contribution in [0.4, 0.5) is 10.7 Å². The van der Waals surface area contributed by atoms with E-state index in [1.54, 1.807) is 6.20 Å². The van der Waals surface area contributed by atoms with Crippen molar-refractivity contribution in [1.82, 2.24) is 24.6 Å². The molecule has 3 aliphatic rings. The molecule has 3 heterocycles. The predicted molar refractivity (Wildman–Crippen MR) is 183 cm³/mol. The molecule has 1 saturated heterocycles. The van der Waals surface area contributed by atoms with Crippen LogP contribution in [0.15, 0.2) is 67.0 Å². The molecule has 0 spiro atoms. The van der Waals surface area contributed by atoms with Gasteiger partial charge < -0.3 is 24.4 Å². The van der Waals surface area contributed by atoms with Crippen LogP contribution < -0.4 is 5.32 Å². The minimum Gasteiger partial charge on any atom is -0.445 e. The number of carbonyl (C=O) groups is 1. The van der Waals surface area contributed by atoms with Crippen molar-refractivity contribution in [3.63, 3.8) is 0 Å². The molecule has 2 saturated carbocycles. The monoisotopic (exact) mass is 670 g/mol. The maximum atomic E-state index is 13.6. The fourth-order valence-electron chi connectivity index (χ4n) is 6.71. The Hall–Kier alpha value is -3.99. The van der Waals surface area contributed by atoms with Crippen LogP contribution >= 0.6 is 11.6 Å². The zero-order chi connectivity index (χ0) is 32.9. The number of ether oxygens (including phenoxy) is 3. The van der Waals surface area contributed by atoms with E-state index in [0.29, 0.717) is 30.7 Å². The van der Waals surface area contributed by atoms with Crippen molar-refractivity contribution in [2.45, 2.75) is 76.3 Å². The highest BCUT2D eigenvalue weighted by Crippen LogP contribution is 2.37. The smallest absolute Gasteiger partial charge is 0.410 e. The Morgan fingerprint density at radius 3 is 2.46 bits per heavy atom. The van der Waals surface area contributed by atoms with Crippen LogP contribution in [-0.4, -0.2) is 62.6 Å². The van der Waals surface area contributed by atoms with Gasteiger partial charge in [0.15, 0.2) is 6.29 Å². The molecule has 0 atom stereocenters. The van der Waals surface area contributed by atoms with Crippen molar-refractivity contribution >= 4 is 23.6 Å². The third kappa shape index (κ3) is 7.99. The zero-order valence-electron chi connectivity index (χ0n) is 27.4. The van der Waals surface area contributed by atoms with E-state index < -0.39 is 0 Å². The summed E-state index contributed by atoms with van der Waals surface area (Å²) in [5.41, 5.74) is 5.99. The van der Waals surface area contributed by atoms with E-state index in [1.807, 2.05) is 65.3 Å². The van der Waals surface area contributed by atoms with Crippen LogP contribution in [0, 0.1) is 5.92 Å². The molecule has 0 bridgehead atoms. The Morgan fingerprint density at radius 1 is 0.979 bits per heavy atom. The second-order valence-electron chi connectivity index (χ2n) is 13.1. The fourth-order valence-corrected chi connectivity index (χ4v) is 6.90. The van der Waals surface area contributed by atoms with Gasteiger partial charge in [0.05, 0.1) is 36.3 Å². The number of nitrogens with one attached hydrogen (secondary N) is 1. The average Bonchev–Trinajstić information content (AvgIpc) is 3.62. The molecule has 48 heavy (non-hydrogen) atoms. The Kier molecular flexibility index (Phi) is 10.2. The largest absolute Gasteiger partial charge is 0.445 e. The summed E-state index contributed by atoms with van der Waals surface area (Å²) in [5.74, 6) is 1.28. The summed E-state index contributed by atoms with van der Waals surface area (Å²) in [5, 5.41) is 8.59. The Labute approximate surface area is 286 Å². The highest BCUT2D eigenvalue weighted by Gasteiger charge is 2.31. The van der Waals surface area contributed by atoms with E-state index in [-0.39, 0.29) is 31.1 Å². The lowest BCUT2D eigenvalue weighted by Crippen LogP contribution is -2.45. The molecule has 7 rings (SSSR count). The molecule has 1 amide bonds. The molecule has 0 unspecified atom stereocenters. The van der Waals surface area contributed by atoms with Gasteiger partial charge in [-0.05, 0) is 68.4 Å². The highest BCUT2D eigenvalue weighted by atomic mass is 35.5. The molecule has 2 aliphatic carbocycles. The number of aromatic nitrogens is 4. The Morgan fingerprint density at radius 2 is 1.73 bits per heavy atom. The minimum atomic E-state index is -0.294. The van der Waals surface area contributed by atoms with Crippen molar-refractivity contribution < 1.29 is 19.0 Å². The number of hydrogen-bond donors (Lipinski definition) is 1. The van der Waals surface area contributed by atoms with E-state index in [9.17, 15) is 4.79 Å². The third-order valence-corrected chi connectivity index (χ3v) is 9.94.